The molecule has 0 saturated heterocycles. The molecule has 0 radical (unpaired) electrons. The molecule has 66 valence electrons. The van der Waals surface area contributed by atoms with E-state index in [4.69, 9.17) is 0 Å². The van der Waals surface area contributed by atoms with Crippen LogP contribution in [-0.2, 0) is 4.79 Å². The first-order chi connectivity index (χ1) is 5.16. The molecule has 0 aliphatic carbocycles. The van der Waals surface area contributed by atoms with Gasteiger partial charge in [-0.1, -0.05) is 20.8 Å². The highest BCUT2D eigenvalue weighted by Gasteiger charge is 2.31. The van der Waals surface area contributed by atoms with Gasteiger partial charge in [0.25, 0.3) is 0 Å². The monoisotopic (exact) mass is 157 g/mol. The molecule has 0 heterocycles. The van der Waals surface area contributed by atoms with E-state index in [9.17, 15) is 4.79 Å². The van der Waals surface area contributed by atoms with Crippen LogP contribution in [0.2, 0.25) is 0 Å². The summed E-state index contributed by atoms with van der Waals surface area (Å²) >= 11 is 0. The van der Waals surface area contributed by atoms with Gasteiger partial charge in [-0.25, -0.2) is 0 Å². The Balaban J connectivity index is 4.39. The van der Waals surface area contributed by atoms with Crippen LogP contribution in [0.5, 0.6) is 0 Å². The third kappa shape index (κ3) is 1.95. The van der Waals surface area contributed by atoms with Gasteiger partial charge in [-0.2, -0.15) is 0 Å². The van der Waals surface area contributed by atoms with E-state index in [2.05, 4.69) is 26.1 Å². The van der Waals surface area contributed by atoms with E-state index in [-0.39, 0.29) is 11.3 Å². The Labute approximate surface area is 69.4 Å². The summed E-state index contributed by atoms with van der Waals surface area (Å²) in [7, 11) is 1.71. The van der Waals surface area contributed by atoms with Crippen molar-refractivity contribution < 1.29 is 4.79 Å². The SMILES string of the molecule is CCC(CC)(CC)C(=O)NC. The van der Waals surface area contributed by atoms with Crippen LogP contribution in [0.3, 0.4) is 0 Å². The summed E-state index contributed by atoms with van der Waals surface area (Å²) in [5.74, 6) is 0.185. The van der Waals surface area contributed by atoms with Crippen molar-refractivity contribution in [1.82, 2.24) is 5.32 Å². The van der Waals surface area contributed by atoms with E-state index in [0.717, 1.165) is 19.3 Å². The predicted octanol–water partition coefficient (Wildman–Crippen LogP) is 1.95. The highest BCUT2D eigenvalue weighted by molar-refractivity contribution is 5.82. The molecule has 0 spiro atoms. The zero-order chi connectivity index (χ0) is 8.91. The van der Waals surface area contributed by atoms with Crippen LogP contribution >= 0.6 is 0 Å². The van der Waals surface area contributed by atoms with Gasteiger partial charge in [0.1, 0.15) is 0 Å². The normalized spacial score (nSPS) is 11.3. The average Bonchev–Trinajstić information content (AvgIpc) is 2.08. The van der Waals surface area contributed by atoms with Crippen molar-refractivity contribution in [2.24, 2.45) is 5.41 Å². The summed E-state index contributed by atoms with van der Waals surface area (Å²) in [5, 5.41) is 2.72. The van der Waals surface area contributed by atoms with Crippen LogP contribution in [0, 0.1) is 5.41 Å². The van der Waals surface area contributed by atoms with E-state index < -0.39 is 0 Å². The first-order valence-electron chi connectivity index (χ1n) is 4.39. The second kappa shape index (κ2) is 4.37. The topological polar surface area (TPSA) is 29.1 Å². The summed E-state index contributed by atoms with van der Waals surface area (Å²) in [6.45, 7) is 6.22. The van der Waals surface area contributed by atoms with Crippen LogP contribution in [0.4, 0.5) is 0 Å². The molecule has 0 aliphatic heterocycles. The molecular formula is C9H19NO. The third-order valence-corrected chi connectivity index (χ3v) is 2.74. The fourth-order valence-corrected chi connectivity index (χ4v) is 1.50. The Morgan fingerprint density at radius 3 is 1.64 bits per heavy atom. The second-order valence-corrected chi connectivity index (χ2v) is 2.92. The fourth-order valence-electron chi connectivity index (χ4n) is 1.50. The second-order valence-electron chi connectivity index (χ2n) is 2.92. The summed E-state index contributed by atoms with van der Waals surface area (Å²) in [5.41, 5.74) is -0.116. The number of amides is 1. The molecule has 1 N–H and O–H groups in total. The Kier molecular flexibility index (Phi) is 4.16. The number of carbonyl (C=O) groups is 1. The van der Waals surface area contributed by atoms with Crippen molar-refractivity contribution in [3.63, 3.8) is 0 Å². The highest BCUT2D eigenvalue weighted by Crippen LogP contribution is 2.30. The first-order valence-corrected chi connectivity index (χ1v) is 4.39. The Morgan fingerprint density at radius 1 is 1.18 bits per heavy atom. The molecule has 1 amide bonds. The van der Waals surface area contributed by atoms with E-state index >= 15 is 0 Å². The van der Waals surface area contributed by atoms with Crippen molar-refractivity contribution in [3.05, 3.63) is 0 Å². The maximum Gasteiger partial charge on any atom is 0.225 e. The van der Waals surface area contributed by atoms with Gasteiger partial charge < -0.3 is 5.32 Å². The Morgan fingerprint density at radius 2 is 1.55 bits per heavy atom. The van der Waals surface area contributed by atoms with E-state index in [1.807, 2.05) is 0 Å². The van der Waals surface area contributed by atoms with Gasteiger partial charge >= 0.3 is 0 Å². The minimum atomic E-state index is -0.116. The molecule has 0 bridgehead atoms. The lowest BCUT2D eigenvalue weighted by atomic mass is 9.79. The maximum atomic E-state index is 11.4. The lowest BCUT2D eigenvalue weighted by molar-refractivity contribution is -0.131. The number of carbonyl (C=O) groups excluding carboxylic acids is 1. The molecule has 0 rings (SSSR count). The van der Waals surface area contributed by atoms with Crippen LogP contribution < -0.4 is 5.32 Å². The standard InChI is InChI=1S/C9H19NO/c1-5-9(6-2,7-3)8(11)10-4/h5-7H2,1-4H3,(H,10,11). The van der Waals surface area contributed by atoms with Gasteiger partial charge in [0.05, 0.1) is 0 Å². The van der Waals surface area contributed by atoms with Gasteiger partial charge in [-0.3, -0.25) is 4.79 Å². The Bertz CT molecular complexity index is 119. The molecule has 0 saturated carbocycles. The lowest BCUT2D eigenvalue weighted by Gasteiger charge is -2.27. The molecule has 0 unspecified atom stereocenters. The van der Waals surface area contributed by atoms with Crippen molar-refractivity contribution in [2.75, 3.05) is 7.05 Å². The smallest absolute Gasteiger partial charge is 0.225 e. The van der Waals surface area contributed by atoms with Crippen LogP contribution in [0.25, 0.3) is 0 Å². The molecule has 2 heteroatoms. The number of nitrogens with one attached hydrogen (secondary N) is 1. The molecule has 0 aromatic heterocycles. The van der Waals surface area contributed by atoms with E-state index in [1.165, 1.54) is 0 Å². The van der Waals surface area contributed by atoms with Crippen molar-refractivity contribution in [3.8, 4) is 0 Å². The zero-order valence-electron chi connectivity index (χ0n) is 8.03. The summed E-state index contributed by atoms with van der Waals surface area (Å²) in [6, 6.07) is 0. The lowest BCUT2D eigenvalue weighted by Crippen LogP contribution is -2.37. The molecule has 0 fully saturated rings. The van der Waals surface area contributed by atoms with Crippen molar-refractivity contribution in [2.45, 2.75) is 40.0 Å². The van der Waals surface area contributed by atoms with Gasteiger partial charge in [-0.05, 0) is 19.3 Å². The molecule has 0 atom stereocenters. The first kappa shape index (κ1) is 10.5. The van der Waals surface area contributed by atoms with Gasteiger partial charge in [-0.15, -0.1) is 0 Å². The number of rotatable bonds is 4. The Hall–Kier alpha value is -0.530. The van der Waals surface area contributed by atoms with Crippen LogP contribution in [-0.4, -0.2) is 13.0 Å². The van der Waals surface area contributed by atoms with Crippen molar-refractivity contribution in [1.29, 1.82) is 0 Å². The van der Waals surface area contributed by atoms with Gasteiger partial charge in [0, 0.05) is 12.5 Å². The molecule has 2 nitrogen and oxygen atoms in total. The summed E-state index contributed by atoms with van der Waals surface area (Å²) in [4.78, 5) is 11.4. The molecule has 0 aromatic carbocycles. The number of hydrogen-bond donors (Lipinski definition) is 1. The fraction of sp³-hybridized carbons (Fsp3) is 0.889. The van der Waals surface area contributed by atoms with E-state index in [1.54, 1.807) is 7.05 Å². The zero-order valence-corrected chi connectivity index (χ0v) is 8.03. The minimum Gasteiger partial charge on any atom is -0.359 e. The van der Waals surface area contributed by atoms with Crippen LogP contribution in [0.1, 0.15) is 40.0 Å². The third-order valence-electron chi connectivity index (χ3n) is 2.74. The average molecular weight is 157 g/mol. The highest BCUT2D eigenvalue weighted by atomic mass is 16.2. The van der Waals surface area contributed by atoms with Crippen LogP contribution in [0.15, 0.2) is 0 Å². The van der Waals surface area contributed by atoms with E-state index in [0.29, 0.717) is 0 Å². The van der Waals surface area contributed by atoms with Crippen molar-refractivity contribution >= 4 is 5.91 Å². The molecular weight excluding hydrogens is 138 g/mol. The summed E-state index contributed by atoms with van der Waals surface area (Å²) < 4.78 is 0. The largest absolute Gasteiger partial charge is 0.359 e. The molecule has 11 heavy (non-hydrogen) atoms. The predicted molar refractivity (Wildman–Crippen MR) is 47.4 cm³/mol. The molecule has 0 aliphatic rings. The minimum absolute atomic E-state index is 0.116. The summed E-state index contributed by atoms with van der Waals surface area (Å²) in [6.07, 6.45) is 2.79. The maximum absolute atomic E-state index is 11.4. The number of hydrogen-bond acceptors (Lipinski definition) is 1. The quantitative estimate of drug-likeness (QED) is 0.664. The van der Waals surface area contributed by atoms with Gasteiger partial charge in [0.2, 0.25) is 5.91 Å². The molecule has 0 aromatic rings. The van der Waals surface area contributed by atoms with Gasteiger partial charge in [0.15, 0.2) is 0 Å².